The zero-order valence-corrected chi connectivity index (χ0v) is 12.6. The standard InChI is InChI=1S/C14H18N2O3S/c1-14(2,3)19-13(18)16-6-4-10(5-7-16)12-15-11(8-17)9-20-12/h4-6,9,17H,7-8H2,1-3H3. The lowest BCUT2D eigenvalue weighted by atomic mass is 10.2. The Labute approximate surface area is 122 Å². The lowest BCUT2D eigenvalue weighted by Crippen LogP contribution is -2.34. The monoisotopic (exact) mass is 294 g/mol. The van der Waals surface area contributed by atoms with E-state index in [1.165, 1.54) is 16.2 Å². The molecule has 0 saturated carbocycles. The van der Waals surface area contributed by atoms with Gasteiger partial charge in [-0.3, -0.25) is 4.90 Å². The maximum atomic E-state index is 11.9. The number of allylic oxidation sites excluding steroid dienone is 2. The van der Waals surface area contributed by atoms with Gasteiger partial charge in [0.15, 0.2) is 0 Å². The molecule has 1 aliphatic rings. The van der Waals surface area contributed by atoms with Gasteiger partial charge in [-0.05, 0) is 26.8 Å². The van der Waals surface area contributed by atoms with Crippen LogP contribution in [-0.2, 0) is 11.3 Å². The number of rotatable bonds is 2. The van der Waals surface area contributed by atoms with Crippen LogP contribution in [0.5, 0.6) is 0 Å². The van der Waals surface area contributed by atoms with Gasteiger partial charge in [0.2, 0.25) is 0 Å². The SMILES string of the molecule is CC(C)(C)OC(=O)N1C=CC(c2nc(CO)cs2)=CC1. The number of thiazole rings is 1. The second-order valence-electron chi connectivity index (χ2n) is 5.41. The van der Waals surface area contributed by atoms with Crippen LogP contribution in [0.4, 0.5) is 4.79 Å². The molecule has 1 amide bonds. The summed E-state index contributed by atoms with van der Waals surface area (Å²) in [6.45, 7) is 5.91. The Morgan fingerprint density at radius 3 is 2.80 bits per heavy atom. The van der Waals surface area contributed by atoms with Crippen molar-refractivity contribution in [1.82, 2.24) is 9.88 Å². The zero-order chi connectivity index (χ0) is 14.8. The maximum Gasteiger partial charge on any atom is 0.414 e. The molecule has 0 aliphatic carbocycles. The summed E-state index contributed by atoms with van der Waals surface area (Å²) in [6, 6.07) is 0. The van der Waals surface area contributed by atoms with Crippen LogP contribution in [0.25, 0.3) is 5.57 Å². The highest BCUT2D eigenvalue weighted by atomic mass is 32.1. The Hall–Kier alpha value is -1.66. The van der Waals surface area contributed by atoms with Crippen LogP contribution < -0.4 is 0 Å². The highest BCUT2D eigenvalue weighted by molar-refractivity contribution is 7.10. The van der Waals surface area contributed by atoms with Crippen molar-refractivity contribution in [3.8, 4) is 0 Å². The van der Waals surface area contributed by atoms with Crippen LogP contribution in [0, 0.1) is 0 Å². The molecule has 108 valence electrons. The van der Waals surface area contributed by atoms with Gasteiger partial charge >= 0.3 is 6.09 Å². The van der Waals surface area contributed by atoms with E-state index in [9.17, 15) is 4.79 Å². The summed E-state index contributed by atoms with van der Waals surface area (Å²) in [5.74, 6) is 0. The molecule has 6 heteroatoms. The predicted molar refractivity (Wildman–Crippen MR) is 78.1 cm³/mol. The fourth-order valence-corrected chi connectivity index (χ4v) is 2.45. The van der Waals surface area contributed by atoms with Crippen molar-refractivity contribution in [2.45, 2.75) is 33.0 Å². The number of aliphatic hydroxyl groups excluding tert-OH is 1. The highest BCUT2D eigenvalue weighted by Crippen LogP contribution is 2.24. The Balaban J connectivity index is 2.01. The first kappa shape index (κ1) is 14.7. The Morgan fingerprint density at radius 1 is 1.55 bits per heavy atom. The first-order chi connectivity index (χ1) is 9.39. The third kappa shape index (κ3) is 3.68. The van der Waals surface area contributed by atoms with Gasteiger partial charge in [-0.25, -0.2) is 9.78 Å². The van der Waals surface area contributed by atoms with E-state index in [0.717, 1.165) is 10.6 Å². The first-order valence-electron chi connectivity index (χ1n) is 6.32. The van der Waals surface area contributed by atoms with Gasteiger partial charge < -0.3 is 9.84 Å². The molecule has 0 atom stereocenters. The molecular formula is C14H18N2O3S. The molecule has 5 nitrogen and oxygen atoms in total. The van der Waals surface area contributed by atoms with Crippen molar-refractivity contribution < 1.29 is 14.6 Å². The molecule has 1 aliphatic heterocycles. The van der Waals surface area contributed by atoms with Gasteiger partial charge in [0.05, 0.1) is 12.3 Å². The summed E-state index contributed by atoms with van der Waals surface area (Å²) in [5.41, 5.74) is 1.11. The van der Waals surface area contributed by atoms with E-state index in [4.69, 9.17) is 9.84 Å². The summed E-state index contributed by atoms with van der Waals surface area (Å²) in [7, 11) is 0. The number of aliphatic hydroxyl groups is 1. The number of carbonyl (C=O) groups excluding carboxylic acids is 1. The molecule has 20 heavy (non-hydrogen) atoms. The highest BCUT2D eigenvalue weighted by Gasteiger charge is 2.21. The summed E-state index contributed by atoms with van der Waals surface area (Å²) in [5, 5.41) is 11.7. The maximum absolute atomic E-state index is 11.9. The predicted octanol–water partition coefficient (Wildman–Crippen LogP) is 2.78. The van der Waals surface area contributed by atoms with Crippen molar-refractivity contribution in [2.75, 3.05) is 6.54 Å². The largest absolute Gasteiger partial charge is 0.443 e. The zero-order valence-electron chi connectivity index (χ0n) is 11.8. The fourth-order valence-electron chi connectivity index (χ4n) is 1.62. The summed E-state index contributed by atoms with van der Waals surface area (Å²) < 4.78 is 5.30. The normalized spacial score (nSPS) is 15.2. The minimum Gasteiger partial charge on any atom is -0.443 e. The average Bonchev–Trinajstić information content (AvgIpc) is 2.85. The number of amides is 1. The molecule has 0 saturated heterocycles. The quantitative estimate of drug-likeness (QED) is 0.911. The van der Waals surface area contributed by atoms with Crippen LogP contribution in [0.1, 0.15) is 31.5 Å². The molecule has 0 radical (unpaired) electrons. The first-order valence-corrected chi connectivity index (χ1v) is 7.20. The molecule has 1 N–H and O–H groups in total. The van der Waals surface area contributed by atoms with E-state index in [0.29, 0.717) is 12.2 Å². The number of ether oxygens (including phenoxy) is 1. The molecule has 1 aromatic heterocycles. The molecule has 1 aromatic rings. The molecule has 0 fully saturated rings. The van der Waals surface area contributed by atoms with E-state index < -0.39 is 5.60 Å². The van der Waals surface area contributed by atoms with E-state index in [-0.39, 0.29) is 12.7 Å². The number of carbonyl (C=O) groups is 1. The van der Waals surface area contributed by atoms with Gasteiger partial charge in [-0.2, -0.15) is 0 Å². The Bertz CT molecular complexity index is 555. The molecule has 2 heterocycles. The Kier molecular flexibility index (Phi) is 4.25. The van der Waals surface area contributed by atoms with Crippen LogP contribution in [0.2, 0.25) is 0 Å². The number of hydrogen-bond acceptors (Lipinski definition) is 5. The third-order valence-corrected chi connectivity index (χ3v) is 3.47. The van der Waals surface area contributed by atoms with Gasteiger partial charge in [0, 0.05) is 23.7 Å². The second-order valence-corrected chi connectivity index (χ2v) is 6.27. The lowest BCUT2D eigenvalue weighted by Gasteiger charge is -2.25. The van der Waals surface area contributed by atoms with E-state index in [2.05, 4.69) is 4.98 Å². The van der Waals surface area contributed by atoms with E-state index in [1.807, 2.05) is 38.3 Å². The van der Waals surface area contributed by atoms with Gasteiger partial charge in [0.25, 0.3) is 0 Å². The van der Waals surface area contributed by atoms with Crippen LogP contribution in [0.3, 0.4) is 0 Å². The van der Waals surface area contributed by atoms with E-state index in [1.54, 1.807) is 6.20 Å². The lowest BCUT2D eigenvalue weighted by molar-refractivity contribution is 0.0351. The van der Waals surface area contributed by atoms with Crippen molar-refractivity contribution in [3.05, 3.63) is 34.4 Å². The number of hydrogen-bond donors (Lipinski definition) is 1. The van der Waals surface area contributed by atoms with Gasteiger partial charge in [-0.1, -0.05) is 6.08 Å². The summed E-state index contributed by atoms with van der Waals surface area (Å²) >= 11 is 1.47. The van der Waals surface area contributed by atoms with Crippen LogP contribution in [-0.4, -0.2) is 33.2 Å². The molecule has 0 aromatic carbocycles. The van der Waals surface area contributed by atoms with Crippen molar-refractivity contribution >= 4 is 23.0 Å². The van der Waals surface area contributed by atoms with Crippen molar-refractivity contribution in [1.29, 1.82) is 0 Å². The van der Waals surface area contributed by atoms with Crippen molar-refractivity contribution in [2.24, 2.45) is 0 Å². The van der Waals surface area contributed by atoms with Gasteiger partial charge in [0.1, 0.15) is 10.6 Å². The number of aromatic nitrogens is 1. The second kappa shape index (κ2) is 5.76. The van der Waals surface area contributed by atoms with Gasteiger partial charge in [-0.15, -0.1) is 11.3 Å². The topological polar surface area (TPSA) is 62.7 Å². The average molecular weight is 294 g/mol. The molecule has 0 bridgehead atoms. The molecule has 2 rings (SSSR count). The smallest absolute Gasteiger partial charge is 0.414 e. The van der Waals surface area contributed by atoms with E-state index >= 15 is 0 Å². The minimum atomic E-state index is -0.500. The van der Waals surface area contributed by atoms with Crippen LogP contribution in [0.15, 0.2) is 23.7 Å². The fraction of sp³-hybridized carbons (Fsp3) is 0.429. The van der Waals surface area contributed by atoms with Crippen molar-refractivity contribution in [3.63, 3.8) is 0 Å². The number of nitrogens with zero attached hydrogens (tertiary/aromatic N) is 2. The minimum absolute atomic E-state index is 0.0580. The summed E-state index contributed by atoms with van der Waals surface area (Å²) in [4.78, 5) is 17.7. The molecule has 0 spiro atoms. The summed E-state index contributed by atoms with van der Waals surface area (Å²) in [6.07, 6.45) is 5.08. The van der Waals surface area contributed by atoms with Crippen LogP contribution >= 0.6 is 11.3 Å². The molecular weight excluding hydrogens is 276 g/mol. The Morgan fingerprint density at radius 2 is 2.30 bits per heavy atom. The third-order valence-electron chi connectivity index (χ3n) is 2.53. The molecule has 0 unspecified atom stereocenters.